The molecule has 5 heteroatoms. The highest BCUT2D eigenvalue weighted by Crippen LogP contribution is 2.15. The zero-order chi connectivity index (χ0) is 11.5. The van der Waals surface area contributed by atoms with Crippen LogP contribution in [0.1, 0.15) is 25.5 Å². The van der Waals surface area contributed by atoms with Crippen molar-refractivity contribution in [2.45, 2.75) is 26.4 Å². The molecule has 0 bridgehead atoms. The Balaban J connectivity index is 2.28. The van der Waals surface area contributed by atoms with Gasteiger partial charge in [-0.2, -0.15) is 4.80 Å². The zero-order valence-corrected chi connectivity index (χ0v) is 9.46. The molecule has 16 heavy (non-hydrogen) atoms. The number of nitrogens with zero attached hydrogens (tertiary/aromatic N) is 4. The smallest absolute Gasteiger partial charge is 0.204 e. The maximum atomic E-state index is 5.53. The van der Waals surface area contributed by atoms with Gasteiger partial charge < -0.3 is 5.73 Å². The third kappa shape index (κ3) is 2.09. The number of nitrogens with two attached hydrogens (primary N) is 1. The maximum Gasteiger partial charge on any atom is 0.204 e. The molecule has 1 aromatic heterocycles. The molecule has 5 nitrogen and oxygen atoms in total. The Kier molecular flexibility index (Phi) is 2.96. The van der Waals surface area contributed by atoms with Crippen molar-refractivity contribution in [2.24, 2.45) is 5.73 Å². The minimum Gasteiger partial charge on any atom is -0.326 e. The molecule has 0 aliphatic heterocycles. The van der Waals surface area contributed by atoms with Crippen LogP contribution in [0.3, 0.4) is 0 Å². The van der Waals surface area contributed by atoms with E-state index in [1.54, 1.807) is 4.80 Å². The molecule has 0 amide bonds. The molecule has 1 heterocycles. The van der Waals surface area contributed by atoms with E-state index in [1.165, 1.54) is 0 Å². The van der Waals surface area contributed by atoms with Gasteiger partial charge in [-0.25, -0.2) is 0 Å². The lowest BCUT2D eigenvalue weighted by atomic mass is 10.1. The number of hydrogen-bond acceptors (Lipinski definition) is 4. The Morgan fingerprint density at radius 2 is 1.94 bits per heavy atom. The first-order valence-corrected chi connectivity index (χ1v) is 5.29. The van der Waals surface area contributed by atoms with Gasteiger partial charge in [0.2, 0.25) is 5.82 Å². The molecule has 2 aromatic rings. The zero-order valence-electron chi connectivity index (χ0n) is 9.46. The number of rotatable bonds is 3. The second-order valence-electron chi connectivity index (χ2n) is 3.93. The van der Waals surface area contributed by atoms with Crippen molar-refractivity contribution in [3.8, 4) is 11.4 Å². The highest BCUT2D eigenvalue weighted by Gasteiger charge is 2.07. The van der Waals surface area contributed by atoms with Gasteiger partial charge in [0.25, 0.3) is 0 Å². The van der Waals surface area contributed by atoms with E-state index in [-0.39, 0.29) is 6.04 Å². The second-order valence-corrected chi connectivity index (χ2v) is 3.93. The van der Waals surface area contributed by atoms with Crippen molar-refractivity contribution in [3.63, 3.8) is 0 Å². The topological polar surface area (TPSA) is 69.6 Å². The third-order valence-corrected chi connectivity index (χ3v) is 2.34. The van der Waals surface area contributed by atoms with E-state index >= 15 is 0 Å². The van der Waals surface area contributed by atoms with Crippen molar-refractivity contribution in [2.75, 3.05) is 0 Å². The average Bonchev–Trinajstić information content (AvgIpc) is 2.78. The van der Waals surface area contributed by atoms with Gasteiger partial charge in [-0.1, -0.05) is 24.3 Å². The molecule has 0 unspecified atom stereocenters. The van der Waals surface area contributed by atoms with E-state index in [2.05, 4.69) is 15.4 Å². The summed E-state index contributed by atoms with van der Waals surface area (Å²) in [6, 6.07) is 8.11. The quantitative estimate of drug-likeness (QED) is 0.843. The fourth-order valence-electron chi connectivity index (χ4n) is 1.35. The first-order valence-electron chi connectivity index (χ1n) is 5.29. The molecule has 2 rings (SSSR count). The molecule has 0 aliphatic carbocycles. The van der Waals surface area contributed by atoms with Gasteiger partial charge in [-0.3, -0.25) is 0 Å². The van der Waals surface area contributed by atoms with Gasteiger partial charge >= 0.3 is 0 Å². The molecule has 2 N–H and O–H groups in total. The number of tetrazole rings is 1. The molecule has 84 valence electrons. The minimum absolute atomic E-state index is 0.226. The number of benzene rings is 1. The summed E-state index contributed by atoms with van der Waals surface area (Å²) in [6.07, 6.45) is 0. The van der Waals surface area contributed by atoms with Crippen molar-refractivity contribution in [1.82, 2.24) is 20.2 Å². The lowest BCUT2D eigenvalue weighted by molar-refractivity contribution is 0.455. The molecule has 0 fully saturated rings. The van der Waals surface area contributed by atoms with Crippen molar-refractivity contribution >= 4 is 0 Å². The fraction of sp³-hybridized carbons (Fsp3) is 0.364. The molecule has 0 aliphatic rings. The monoisotopic (exact) mass is 217 g/mol. The molecule has 1 aromatic carbocycles. The van der Waals surface area contributed by atoms with Crippen molar-refractivity contribution in [1.29, 1.82) is 0 Å². The minimum atomic E-state index is 0.226. The fourth-order valence-corrected chi connectivity index (χ4v) is 1.35. The highest BCUT2D eigenvalue weighted by molar-refractivity contribution is 5.54. The lowest BCUT2D eigenvalue weighted by Crippen LogP contribution is -2.04. The summed E-state index contributed by atoms with van der Waals surface area (Å²) < 4.78 is 0. The van der Waals surface area contributed by atoms with Crippen LogP contribution in [0.25, 0.3) is 11.4 Å². The Morgan fingerprint density at radius 3 is 2.44 bits per heavy atom. The Hall–Kier alpha value is -1.75. The number of aromatic nitrogens is 4. The number of hydrogen-bond donors (Lipinski definition) is 1. The van der Waals surface area contributed by atoms with Crippen LogP contribution in [0.2, 0.25) is 0 Å². The van der Waals surface area contributed by atoms with E-state index in [0.717, 1.165) is 11.1 Å². The largest absolute Gasteiger partial charge is 0.326 e. The molecular weight excluding hydrogens is 202 g/mol. The lowest BCUT2D eigenvalue weighted by Gasteiger charge is -2.00. The van der Waals surface area contributed by atoms with Crippen molar-refractivity contribution in [3.05, 3.63) is 29.8 Å². The maximum absolute atomic E-state index is 5.53. The summed E-state index contributed by atoms with van der Waals surface area (Å²) in [6.45, 7) is 4.58. The highest BCUT2D eigenvalue weighted by atomic mass is 15.6. The first-order chi connectivity index (χ1) is 7.70. The molecule has 0 atom stereocenters. The first kappa shape index (κ1) is 10.8. The van der Waals surface area contributed by atoms with Crippen LogP contribution in [0.15, 0.2) is 24.3 Å². The molecule has 0 saturated heterocycles. The third-order valence-electron chi connectivity index (χ3n) is 2.34. The summed E-state index contributed by atoms with van der Waals surface area (Å²) in [5.74, 6) is 0.650. The van der Waals surface area contributed by atoms with Crippen LogP contribution < -0.4 is 5.73 Å². The van der Waals surface area contributed by atoms with Crippen LogP contribution in [0.5, 0.6) is 0 Å². The van der Waals surface area contributed by atoms with Crippen LogP contribution in [0.4, 0.5) is 0 Å². The van der Waals surface area contributed by atoms with Crippen LogP contribution in [-0.4, -0.2) is 20.2 Å². The van der Waals surface area contributed by atoms with Gasteiger partial charge in [0, 0.05) is 12.1 Å². The van der Waals surface area contributed by atoms with Crippen LogP contribution in [0, 0.1) is 0 Å². The summed E-state index contributed by atoms with van der Waals surface area (Å²) in [5.41, 5.74) is 7.59. The standard InChI is InChI=1S/C11H15N5/c1-8(2)16-14-11(13-15-16)10-5-3-9(7-12)4-6-10/h3-6,8H,7,12H2,1-2H3. The van der Waals surface area contributed by atoms with Gasteiger partial charge in [0.1, 0.15) is 0 Å². The average molecular weight is 217 g/mol. The van der Waals surface area contributed by atoms with Crippen LogP contribution >= 0.6 is 0 Å². The van der Waals surface area contributed by atoms with Crippen LogP contribution in [-0.2, 0) is 6.54 Å². The molecular formula is C11H15N5. The Bertz CT molecular complexity index is 457. The molecule has 0 spiro atoms. The van der Waals surface area contributed by atoms with E-state index < -0.39 is 0 Å². The van der Waals surface area contributed by atoms with E-state index in [4.69, 9.17) is 5.73 Å². The van der Waals surface area contributed by atoms with Gasteiger partial charge in [-0.15, -0.1) is 10.2 Å². The summed E-state index contributed by atoms with van der Waals surface area (Å²) >= 11 is 0. The SMILES string of the molecule is CC(C)n1nnc(-c2ccc(CN)cc2)n1. The van der Waals surface area contributed by atoms with E-state index in [0.29, 0.717) is 12.4 Å². The van der Waals surface area contributed by atoms with Gasteiger partial charge in [0.05, 0.1) is 6.04 Å². The summed E-state index contributed by atoms with van der Waals surface area (Å²) in [7, 11) is 0. The summed E-state index contributed by atoms with van der Waals surface area (Å²) in [4.78, 5) is 1.60. The van der Waals surface area contributed by atoms with Crippen molar-refractivity contribution < 1.29 is 0 Å². The Morgan fingerprint density at radius 1 is 1.25 bits per heavy atom. The van der Waals surface area contributed by atoms with Gasteiger partial charge in [-0.05, 0) is 24.6 Å². The summed E-state index contributed by atoms with van der Waals surface area (Å²) in [5, 5.41) is 12.3. The second kappa shape index (κ2) is 4.40. The van der Waals surface area contributed by atoms with Gasteiger partial charge in [0.15, 0.2) is 0 Å². The Labute approximate surface area is 94.3 Å². The van der Waals surface area contributed by atoms with E-state index in [1.807, 2.05) is 38.1 Å². The molecule has 0 radical (unpaired) electrons. The predicted octanol–water partition coefficient (Wildman–Crippen LogP) is 1.38. The predicted molar refractivity (Wildman–Crippen MR) is 61.5 cm³/mol. The van der Waals surface area contributed by atoms with E-state index in [9.17, 15) is 0 Å². The molecule has 0 saturated carbocycles. The normalized spacial score (nSPS) is 11.0.